The van der Waals surface area contributed by atoms with Gasteiger partial charge in [0.25, 0.3) is 5.91 Å². The largest absolute Gasteiger partial charge is 0.460 e. The molecule has 0 radical (unpaired) electrons. The molecule has 0 spiro atoms. The number of amides is 1. The zero-order chi connectivity index (χ0) is 37.2. The number of halogens is 21. The van der Waals surface area contributed by atoms with Crippen LogP contribution in [0.4, 0.5) is 92.2 Å². The monoisotopic (exact) mass is 738 g/mol. The predicted molar refractivity (Wildman–Crippen MR) is 105 cm³/mol. The number of methoxy groups -OCH3 is 1. The van der Waals surface area contributed by atoms with E-state index in [0.717, 1.165) is 0 Å². The summed E-state index contributed by atoms with van der Waals surface area (Å²) < 4.78 is 299. The summed E-state index contributed by atoms with van der Waals surface area (Å²) in [5.74, 6) is -74.1. The Hall–Kier alpha value is -2.16. The minimum Gasteiger partial charge on any atom is -0.382 e. The van der Waals surface area contributed by atoms with Crippen LogP contribution >= 0.6 is 0 Å². The number of hydrogen-bond acceptors (Lipinski definition) is 5. The fourth-order valence-corrected chi connectivity index (χ4v) is 2.87. The predicted octanol–water partition coefficient (Wildman–Crippen LogP) is 5.69. The lowest BCUT2D eigenvalue weighted by Gasteiger charge is -2.45. The van der Waals surface area contributed by atoms with Crippen molar-refractivity contribution in [3.05, 3.63) is 0 Å². The van der Waals surface area contributed by atoms with Crippen molar-refractivity contribution in [2.24, 2.45) is 5.73 Å². The molecule has 0 aromatic carbocycles. The van der Waals surface area contributed by atoms with E-state index < -0.39 is 103 Å². The summed E-state index contributed by atoms with van der Waals surface area (Å²) in [5, 5.41) is 0. The molecule has 0 saturated heterocycles. The molecule has 0 aliphatic heterocycles. The number of ether oxygens (including phenoxy) is 3. The van der Waals surface area contributed by atoms with Crippen molar-refractivity contribution in [3.63, 3.8) is 0 Å². The molecular formula is C19H19F21N2O4. The first-order valence-corrected chi connectivity index (χ1v) is 11.3. The highest BCUT2D eigenvalue weighted by atomic mass is 19.4. The van der Waals surface area contributed by atoms with Gasteiger partial charge < -0.3 is 19.9 Å². The molecule has 1 amide bonds. The van der Waals surface area contributed by atoms with E-state index in [0.29, 0.717) is 0 Å². The van der Waals surface area contributed by atoms with E-state index in [1.54, 1.807) is 0 Å². The lowest BCUT2D eigenvalue weighted by molar-refractivity contribution is -0.477. The Morgan fingerprint density at radius 2 is 0.848 bits per heavy atom. The van der Waals surface area contributed by atoms with Crippen molar-refractivity contribution in [3.8, 4) is 0 Å². The van der Waals surface area contributed by atoms with E-state index in [1.807, 2.05) is 0 Å². The van der Waals surface area contributed by atoms with Gasteiger partial charge in [0.05, 0.1) is 26.4 Å². The lowest BCUT2D eigenvalue weighted by Crippen LogP contribution is -2.77. The van der Waals surface area contributed by atoms with Crippen molar-refractivity contribution in [1.82, 2.24) is 4.90 Å². The number of alkyl halides is 21. The SMILES string of the molecule is COCCOCCOCC(=O)N(CCN)C(F)(F)C(F)(F)C(F)(F)C(F)(F)C(F)(F)C(F)(F)C(F)(F)C(F)(F)C(F)(F)C(F)(F)F. The zero-order valence-electron chi connectivity index (χ0n) is 22.0. The van der Waals surface area contributed by atoms with Crippen LogP contribution in [0.25, 0.3) is 0 Å². The Balaban J connectivity index is 6.75. The van der Waals surface area contributed by atoms with E-state index in [1.165, 1.54) is 7.11 Å². The molecule has 276 valence electrons. The standard InChI is InChI=1S/C19H19F21N2O4/c1-44-4-5-45-6-7-46-8-9(43)42(3-2-41)19(39,40)17(34,35)15(30,31)13(26,27)11(22,23)10(20,21)12(24,25)14(28,29)16(32,33)18(36,37)38/h2-8,41H2,1H3. The van der Waals surface area contributed by atoms with E-state index in [2.05, 4.69) is 9.47 Å². The molecular weight excluding hydrogens is 719 g/mol. The van der Waals surface area contributed by atoms with Crippen LogP contribution in [0.1, 0.15) is 0 Å². The summed E-state index contributed by atoms with van der Waals surface area (Å²) in [4.78, 5) is 10.1. The van der Waals surface area contributed by atoms with Crippen molar-refractivity contribution < 1.29 is 111 Å². The molecule has 0 atom stereocenters. The molecule has 0 aromatic rings. The summed E-state index contributed by atoms with van der Waals surface area (Å²) in [6.45, 7) is -6.89. The Kier molecular flexibility index (Phi) is 13.1. The number of rotatable bonds is 19. The van der Waals surface area contributed by atoms with Crippen molar-refractivity contribution >= 4 is 5.91 Å². The third-order valence-electron chi connectivity index (χ3n) is 5.52. The Morgan fingerprint density at radius 1 is 0.522 bits per heavy atom. The topological polar surface area (TPSA) is 74.0 Å². The molecule has 0 aliphatic carbocycles. The smallest absolute Gasteiger partial charge is 0.382 e. The van der Waals surface area contributed by atoms with Gasteiger partial charge in [-0.15, -0.1) is 0 Å². The molecule has 0 fully saturated rings. The summed E-state index contributed by atoms with van der Waals surface area (Å²) in [6.07, 6.45) is -8.06. The quantitative estimate of drug-likeness (QED) is 0.105. The molecule has 27 heteroatoms. The van der Waals surface area contributed by atoms with E-state index in [4.69, 9.17) is 10.5 Å². The highest BCUT2D eigenvalue weighted by molar-refractivity contribution is 5.78. The van der Waals surface area contributed by atoms with Crippen LogP contribution in [0.15, 0.2) is 0 Å². The number of hydrogen-bond donors (Lipinski definition) is 1. The second kappa shape index (κ2) is 13.8. The molecule has 0 heterocycles. The molecule has 0 rings (SSSR count). The van der Waals surface area contributed by atoms with Gasteiger partial charge in [-0.25, -0.2) is 0 Å². The summed E-state index contributed by atoms with van der Waals surface area (Å²) in [7, 11) is 1.21. The number of carbonyl (C=O) groups is 1. The first-order chi connectivity index (χ1) is 20.2. The van der Waals surface area contributed by atoms with Crippen LogP contribution in [0.5, 0.6) is 0 Å². The van der Waals surface area contributed by atoms with Crippen LogP contribution in [0.3, 0.4) is 0 Å². The number of carbonyl (C=O) groups excluding carboxylic acids is 1. The fraction of sp³-hybridized carbons (Fsp3) is 0.947. The maximum atomic E-state index is 14.5. The highest BCUT2D eigenvalue weighted by Crippen LogP contribution is 2.66. The maximum Gasteiger partial charge on any atom is 0.460 e. The molecule has 0 unspecified atom stereocenters. The van der Waals surface area contributed by atoms with Crippen molar-refractivity contribution in [2.45, 2.75) is 59.6 Å². The Bertz CT molecular complexity index is 1020. The number of nitrogens with two attached hydrogens (primary N) is 1. The first kappa shape index (κ1) is 43.8. The average molecular weight is 738 g/mol. The van der Waals surface area contributed by atoms with E-state index >= 15 is 0 Å². The minimum absolute atomic E-state index is 0.0333. The van der Waals surface area contributed by atoms with Gasteiger partial charge in [-0.05, 0) is 0 Å². The van der Waals surface area contributed by atoms with Gasteiger partial charge in [0.15, 0.2) is 0 Å². The average Bonchev–Trinajstić information content (AvgIpc) is 2.89. The van der Waals surface area contributed by atoms with Gasteiger partial charge in [0, 0.05) is 20.2 Å². The van der Waals surface area contributed by atoms with Crippen LogP contribution in [0, 0.1) is 0 Å². The van der Waals surface area contributed by atoms with E-state index in [9.17, 15) is 97.0 Å². The second-order valence-corrected chi connectivity index (χ2v) is 8.63. The molecule has 46 heavy (non-hydrogen) atoms. The normalized spacial score (nSPS) is 15.4. The lowest BCUT2D eigenvalue weighted by atomic mass is 9.87. The maximum absolute atomic E-state index is 14.5. The van der Waals surface area contributed by atoms with Crippen LogP contribution in [0.2, 0.25) is 0 Å². The van der Waals surface area contributed by atoms with Crippen molar-refractivity contribution in [1.29, 1.82) is 0 Å². The molecule has 0 bridgehead atoms. The summed E-state index contributed by atoms with van der Waals surface area (Å²) in [5.41, 5.74) is 4.71. The highest BCUT2D eigenvalue weighted by Gasteiger charge is 2.98. The van der Waals surface area contributed by atoms with Crippen LogP contribution in [-0.4, -0.2) is 124 Å². The van der Waals surface area contributed by atoms with Gasteiger partial charge in [0.1, 0.15) is 6.61 Å². The molecule has 0 aliphatic rings. The second-order valence-electron chi connectivity index (χ2n) is 8.63. The van der Waals surface area contributed by atoms with Crippen LogP contribution in [-0.2, 0) is 19.0 Å². The number of nitrogens with zero attached hydrogens (tertiary/aromatic N) is 1. The zero-order valence-corrected chi connectivity index (χ0v) is 22.0. The third-order valence-corrected chi connectivity index (χ3v) is 5.52. The molecule has 6 nitrogen and oxygen atoms in total. The van der Waals surface area contributed by atoms with Crippen LogP contribution < -0.4 is 5.73 Å². The van der Waals surface area contributed by atoms with Gasteiger partial charge in [0.2, 0.25) is 0 Å². The Labute approximate surface area is 241 Å². The fourth-order valence-electron chi connectivity index (χ4n) is 2.87. The minimum atomic E-state index is -9.29. The van der Waals surface area contributed by atoms with Gasteiger partial charge in [-0.2, -0.15) is 92.2 Å². The third kappa shape index (κ3) is 6.86. The molecule has 0 saturated carbocycles. The van der Waals surface area contributed by atoms with Crippen molar-refractivity contribution in [2.75, 3.05) is 53.2 Å². The summed E-state index contributed by atoms with van der Waals surface area (Å²) in [6, 6.07) is -7.27. The van der Waals surface area contributed by atoms with Gasteiger partial charge >= 0.3 is 59.6 Å². The van der Waals surface area contributed by atoms with E-state index in [-0.39, 0.29) is 13.2 Å². The van der Waals surface area contributed by atoms with Gasteiger partial charge in [-0.1, -0.05) is 0 Å². The summed E-state index contributed by atoms with van der Waals surface area (Å²) >= 11 is 0. The molecule has 0 aromatic heterocycles. The molecule has 2 N–H and O–H groups in total. The Morgan fingerprint density at radius 3 is 1.20 bits per heavy atom. The van der Waals surface area contributed by atoms with Gasteiger partial charge in [-0.3, -0.25) is 9.69 Å². The first-order valence-electron chi connectivity index (χ1n) is 11.3.